The first-order valence-electron chi connectivity index (χ1n) is 15.5. The predicted molar refractivity (Wildman–Crippen MR) is 156 cm³/mol. The largest absolute Gasteiger partial charge is 0.452 e. The number of likely N-dealkylation sites (N-methyl/N-ethyl adjacent to an activating group) is 2. The molecule has 3 saturated heterocycles. The first kappa shape index (κ1) is 34.3. The van der Waals surface area contributed by atoms with Crippen molar-refractivity contribution in [2.75, 3.05) is 33.8 Å². The number of nitrogens with zero attached hydrogens (tertiary/aromatic N) is 3. The Morgan fingerprint density at radius 2 is 1.60 bits per heavy atom. The third-order valence-corrected chi connectivity index (χ3v) is 8.88. The van der Waals surface area contributed by atoms with Crippen molar-refractivity contribution < 1.29 is 38.2 Å². The number of piperidine rings is 1. The van der Waals surface area contributed by atoms with Crippen LogP contribution in [0.2, 0.25) is 0 Å². The number of cyclic esters (lactones) is 1. The van der Waals surface area contributed by atoms with Gasteiger partial charge in [-0.05, 0) is 38.0 Å². The second kappa shape index (κ2) is 15.0. The van der Waals surface area contributed by atoms with E-state index in [0.717, 1.165) is 0 Å². The highest BCUT2D eigenvalue weighted by atomic mass is 16.6. The molecule has 3 rings (SSSR count). The number of epoxide rings is 1. The fraction of sp³-hybridized carbons (Fsp3) is 0.800. The summed E-state index contributed by atoms with van der Waals surface area (Å²) in [4.78, 5) is 85.1. The van der Waals surface area contributed by atoms with E-state index in [-0.39, 0.29) is 37.3 Å². The van der Waals surface area contributed by atoms with E-state index in [4.69, 9.17) is 9.47 Å². The highest BCUT2D eigenvalue weighted by Gasteiger charge is 2.43. The molecule has 2 N–H and O–H groups in total. The molecule has 0 bridgehead atoms. The summed E-state index contributed by atoms with van der Waals surface area (Å²) in [6.07, 6.45) is 1.01. The quantitative estimate of drug-likeness (QED) is 0.337. The van der Waals surface area contributed by atoms with E-state index in [1.165, 1.54) is 28.8 Å². The molecule has 13 nitrogen and oxygen atoms in total. The van der Waals surface area contributed by atoms with Crippen LogP contribution >= 0.6 is 0 Å². The summed E-state index contributed by atoms with van der Waals surface area (Å²) < 4.78 is 10.9. The van der Waals surface area contributed by atoms with Gasteiger partial charge in [-0.2, -0.15) is 0 Å². The van der Waals surface area contributed by atoms with Crippen molar-refractivity contribution in [3.05, 3.63) is 0 Å². The molecule has 0 saturated carbocycles. The Morgan fingerprint density at radius 3 is 2.21 bits per heavy atom. The van der Waals surface area contributed by atoms with Gasteiger partial charge in [0.1, 0.15) is 24.2 Å². The van der Waals surface area contributed by atoms with Gasteiger partial charge in [-0.25, -0.2) is 0 Å². The van der Waals surface area contributed by atoms with Crippen LogP contribution in [-0.2, 0) is 38.2 Å². The highest BCUT2D eigenvalue weighted by Crippen LogP contribution is 2.25. The number of carbonyl (C=O) groups is 6. The lowest BCUT2D eigenvalue weighted by Gasteiger charge is -2.39. The summed E-state index contributed by atoms with van der Waals surface area (Å²) in [5.74, 6) is -3.50. The molecule has 3 fully saturated rings. The minimum atomic E-state index is -1.14. The van der Waals surface area contributed by atoms with E-state index in [1.807, 2.05) is 27.7 Å². The molecule has 0 radical (unpaired) electrons. The molecule has 3 aliphatic heterocycles. The van der Waals surface area contributed by atoms with Crippen molar-refractivity contribution in [3.8, 4) is 0 Å². The van der Waals surface area contributed by atoms with Crippen LogP contribution in [0.25, 0.3) is 0 Å². The third-order valence-electron chi connectivity index (χ3n) is 8.88. The molecule has 0 aromatic carbocycles. The molecule has 3 heterocycles. The van der Waals surface area contributed by atoms with Crippen LogP contribution in [0.4, 0.5) is 0 Å². The van der Waals surface area contributed by atoms with Crippen molar-refractivity contribution in [1.82, 2.24) is 25.3 Å². The summed E-state index contributed by atoms with van der Waals surface area (Å²) in [5.41, 5.74) is 0. The maximum atomic E-state index is 14.0. The standard InChI is InChI=1S/C30H49N5O8/c1-8-18(4)24-29(40)34(7)25(17(2)3)30(41)33(6)19(5)26(37)31-13-12-23(36)43-22(15-20-16-42-20)28(39)35-14-10-9-11-21(35)27(38)32-24/h17-22,24-25H,8-16H2,1-7H3,(H,31,37)(H,32,38)/t18?,19?,20?,21-,22+,24?,25?/m0/s1. The van der Waals surface area contributed by atoms with Crippen LogP contribution in [0.1, 0.15) is 73.1 Å². The predicted octanol–water partition coefficient (Wildman–Crippen LogP) is 0.449. The van der Waals surface area contributed by atoms with E-state index in [2.05, 4.69) is 10.6 Å². The number of hydrogen-bond donors (Lipinski definition) is 2. The molecule has 5 amide bonds. The van der Waals surface area contributed by atoms with E-state index in [1.54, 1.807) is 6.92 Å². The zero-order valence-electron chi connectivity index (χ0n) is 26.6. The van der Waals surface area contributed by atoms with Gasteiger partial charge in [0.05, 0.1) is 19.1 Å². The van der Waals surface area contributed by atoms with Gasteiger partial charge in [0, 0.05) is 33.6 Å². The molecule has 242 valence electrons. The van der Waals surface area contributed by atoms with Crippen molar-refractivity contribution in [2.24, 2.45) is 11.8 Å². The Hall–Kier alpha value is -3.22. The average Bonchev–Trinajstić information content (AvgIpc) is 3.80. The van der Waals surface area contributed by atoms with E-state index in [9.17, 15) is 28.8 Å². The van der Waals surface area contributed by atoms with E-state index in [0.29, 0.717) is 38.8 Å². The second-order valence-electron chi connectivity index (χ2n) is 12.4. The number of rotatable bonds is 5. The molecule has 5 unspecified atom stereocenters. The van der Waals surface area contributed by atoms with Gasteiger partial charge >= 0.3 is 5.97 Å². The maximum Gasteiger partial charge on any atom is 0.308 e. The Bertz CT molecular complexity index is 1060. The zero-order valence-corrected chi connectivity index (χ0v) is 26.6. The van der Waals surface area contributed by atoms with Crippen molar-refractivity contribution >= 4 is 35.5 Å². The maximum absolute atomic E-state index is 14.0. The molecule has 3 aliphatic rings. The molecule has 0 aromatic heterocycles. The summed E-state index contributed by atoms with van der Waals surface area (Å²) >= 11 is 0. The lowest BCUT2D eigenvalue weighted by atomic mass is 9.93. The Balaban J connectivity index is 2.00. The van der Waals surface area contributed by atoms with Gasteiger partial charge in [0.2, 0.25) is 23.6 Å². The number of carbonyl (C=O) groups excluding carboxylic acids is 6. The third kappa shape index (κ3) is 8.45. The number of nitrogens with one attached hydrogen (secondary N) is 2. The summed E-state index contributed by atoms with van der Waals surface area (Å²) in [7, 11) is 3.04. The molecule has 43 heavy (non-hydrogen) atoms. The van der Waals surface area contributed by atoms with Gasteiger partial charge < -0.3 is 34.8 Å². The number of ether oxygens (including phenoxy) is 2. The van der Waals surface area contributed by atoms with Crippen molar-refractivity contribution in [1.29, 1.82) is 0 Å². The van der Waals surface area contributed by atoms with Crippen LogP contribution in [0.5, 0.6) is 0 Å². The van der Waals surface area contributed by atoms with Crippen LogP contribution in [0.3, 0.4) is 0 Å². The highest BCUT2D eigenvalue weighted by molar-refractivity contribution is 5.96. The Morgan fingerprint density at radius 1 is 0.930 bits per heavy atom. The van der Waals surface area contributed by atoms with Crippen LogP contribution < -0.4 is 10.6 Å². The Labute approximate surface area is 254 Å². The normalized spacial score (nSPS) is 31.4. The minimum absolute atomic E-state index is 0.0534. The molecule has 13 heteroatoms. The van der Waals surface area contributed by atoms with Gasteiger partial charge in [0.15, 0.2) is 6.10 Å². The first-order valence-corrected chi connectivity index (χ1v) is 15.5. The van der Waals surface area contributed by atoms with Gasteiger partial charge in [-0.15, -0.1) is 0 Å². The summed E-state index contributed by atoms with van der Waals surface area (Å²) in [6.45, 7) is 9.67. The molecule has 7 atom stereocenters. The zero-order chi connectivity index (χ0) is 32.0. The molecular formula is C30H49N5O8. The van der Waals surface area contributed by atoms with Gasteiger partial charge in [0.25, 0.3) is 5.91 Å². The van der Waals surface area contributed by atoms with Crippen LogP contribution in [-0.4, -0.2) is 120 Å². The molecular weight excluding hydrogens is 558 g/mol. The second-order valence-corrected chi connectivity index (χ2v) is 12.4. The first-order chi connectivity index (χ1) is 20.3. The molecule has 0 spiro atoms. The van der Waals surface area contributed by atoms with Gasteiger partial charge in [-0.1, -0.05) is 34.1 Å². The molecule has 0 aliphatic carbocycles. The summed E-state index contributed by atoms with van der Waals surface area (Å²) in [5, 5.41) is 5.58. The number of fused-ring (bicyclic) bond motifs is 1. The monoisotopic (exact) mass is 607 g/mol. The fourth-order valence-corrected chi connectivity index (χ4v) is 5.71. The van der Waals surface area contributed by atoms with E-state index < -0.39 is 65.8 Å². The summed E-state index contributed by atoms with van der Waals surface area (Å²) in [6, 6.07) is -3.58. The molecule has 0 aromatic rings. The average molecular weight is 608 g/mol. The van der Waals surface area contributed by atoms with Crippen LogP contribution in [0.15, 0.2) is 0 Å². The van der Waals surface area contributed by atoms with Crippen molar-refractivity contribution in [3.63, 3.8) is 0 Å². The number of esters is 1. The van der Waals surface area contributed by atoms with Crippen LogP contribution in [0, 0.1) is 11.8 Å². The smallest absolute Gasteiger partial charge is 0.308 e. The topological polar surface area (TPSA) is 158 Å². The van der Waals surface area contributed by atoms with Crippen molar-refractivity contribution in [2.45, 2.75) is 110 Å². The fourth-order valence-electron chi connectivity index (χ4n) is 5.71. The Kier molecular flexibility index (Phi) is 11.9. The lowest BCUT2D eigenvalue weighted by molar-refractivity contribution is -0.164. The van der Waals surface area contributed by atoms with Gasteiger partial charge in [-0.3, -0.25) is 28.8 Å². The minimum Gasteiger partial charge on any atom is -0.452 e. The number of amides is 5. The number of hydrogen-bond acceptors (Lipinski definition) is 8. The lowest BCUT2D eigenvalue weighted by Crippen LogP contribution is -2.61. The SMILES string of the molecule is CCC(C)C1NC(=O)[C@@H]2CCCCN2C(=O)[C@@H](CC2CO2)OC(=O)CCNC(=O)C(C)N(C)C(=O)C(C(C)C)N(C)C1=O. The van der Waals surface area contributed by atoms with E-state index >= 15 is 0 Å².